The van der Waals surface area contributed by atoms with E-state index >= 15 is 0 Å². The van der Waals surface area contributed by atoms with Crippen molar-refractivity contribution in [3.63, 3.8) is 0 Å². The number of carbonyl (C=O) groups is 2. The third kappa shape index (κ3) is 3.84. The molecule has 3 rings (SSSR count). The Hall–Kier alpha value is -2.77. The number of hydrazone groups is 1. The van der Waals surface area contributed by atoms with Crippen molar-refractivity contribution < 1.29 is 14.5 Å². The van der Waals surface area contributed by atoms with E-state index in [0.29, 0.717) is 11.4 Å². The van der Waals surface area contributed by atoms with Gasteiger partial charge in [-0.25, -0.2) is 5.43 Å². The molecule has 1 aromatic carbocycles. The van der Waals surface area contributed by atoms with Gasteiger partial charge >= 0.3 is 0 Å². The van der Waals surface area contributed by atoms with Crippen LogP contribution >= 0.6 is 0 Å². The number of nitrogens with one attached hydrogen (secondary N) is 2. The number of carbonyl (C=O) groups excluding carboxylic acids is 2. The zero-order chi connectivity index (χ0) is 18.0. The summed E-state index contributed by atoms with van der Waals surface area (Å²) in [5.74, 6) is -0.284. The molecule has 0 aromatic heterocycles. The standard InChI is InChI=1S/C17H20N4O4/c1-11(19-20-16(23)14-10-17(14)7-2-8-17)9-15(22)18-12-3-5-13(6-4-12)21(24)25/h3-6,14H,2,7-10H2,1H3,(H,18,22)(H,20,23)/b19-11+. The second-order valence-electron chi connectivity index (χ2n) is 6.82. The molecule has 8 nitrogen and oxygen atoms in total. The Bertz CT molecular complexity index is 738. The molecule has 0 saturated heterocycles. The van der Waals surface area contributed by atoms with Crippen LogP contribution in [0.3, 0.4) is 0 Å². The van der Waals surface area contributed by atoms with E-state index in [-0.39, 0.29) is 35.3 Å². The first-order chi connectivity index (χ1) is 11.9. The van der Waals surface area contributed by atoms with Crippen molar-refractivity contribution in [1.29, 1.82) is 0 Å². The second-order valence-corrected chi connectivity index (χ2v) is 6.82. The molecule has 25 heavy (non-hydrogen) atoms. The Morgan fingerprint density at radius 1 is 1.32 bits per heavy atom. The number of rotatable bonds is 6. The maximum atomic E-state index is 12.0. The van der Waals surface area contributed by atoms with E-state index in [0.717, 1.165) is 19.3 Å². The van der Waals surface area contributed by atoms with Gasteiger partial charge in [-0.3, -0.25) is 19.7 Å². The highest BCUT2D eigenvalue weighted by molar-refractivity contribution is 6.05. The van der Waals surface area contributed by atoms with E-state index in [2.05, 4.69) is 15.8 Å². The summed E-state index contributed by atoms with van der Waals surface area (Å²) in [7, 11) is 0. The minimum atomic E-state index is -0.501. The molecule has 1 unspecified atom stereocenters. The van der Waals surface area contributed by atoms with Crippen LogP contribution in [0.1, 0.15) is 39.0 Å². The van der Waals surface area contributed by atoms with Crippen molar-refractivity contribution in [2.45, 2.75) is 39.0 Å². The van der Waals surface area contributed by atoms with Gasteiger partial charge in [0, 0.05) is 29.4 Å². The van der Waals surface area contributed by atoms with Gasteiger partial charge < -0.3 is 5.32 Å². The Morgan fingerprint density at radius 3 is 2.52 bits per heavy atom. The lowest BCUT2D eigenvalue weighted by Crippen LogP contribution is -2.27. The number of nitro groups is 1. The number of anilines is 1. The van der Waals surface area contributed by atoms with Gasteiger partial charge in [-0.15, -0.1) is 0 Å². The normalized spacial score (nSPS) is 20.5. The fraction of sp³-hybridized carbons (Fsp3) is 0.471. The Balaban J connectivity index is 1.45. The molecule has 0 aliphatic heterocycles. The molecule has 2 saturated carbocycles. The second kappa shape index (κ2) is 6.62. The number of nitrogens with zero attached hydrogens (tertiary/aromatic N) is 2. The summed E-state index contributed by atoms with van der Waals surface area (Å²) < 4.78 is 0. The van der Waals surface area contributed by atoms with Gasteiger partial charge in [-0.05, 0) is 43.7 Å². The number of amides is 2. The lowest BCUT2D eigenvalue weighted by Gasteiger charge is -2.25. The number of benzene rings is 1. The monoisotopic (exact) mass is 344 g/mol. The molecular formula is C17H20N4O4. The summed E-state index contributed by atoms with van der Waals surface area (Å²) in [5, 5.41) is 17.2. The third-order valence-corrected chi connectivity index (χ3v) is 4.99. The Labute approximate surface area is 144 Å². The molecule has 2 aliphatic rings. The molecule has 0 bridgehead atoms. The van der Waals surface area contributed by atoms with E-state index in [1.54, 1.807) is 6.92 Å². The van der Waals surface area contributed by atoms with Gasteiger partial charge in [-0.2, -0.15) is 5.10 Å². The van der Waals surface area contributed by atoms with Crippen molar-refractivity contribution in [2.24, 2.45) is 16.4 Å². The summed E-state index contributed by atoms with van der Waals surface area (Å²) in [4.78, 5) is 34.0. The zero-order valence-corrected chi connectivity index (χ0v) is 13.9. The lowest BCUT2D eigenvalue weighted by molar-refractivity contribution is -0.384. The average molecular weight is 344 g/mol. The van der Waals surface area contributed by atoms with Crippen LogP contribution in [0.2, 0.25) is 0 Å². The number of nitro benzene ring substituents is 1. The van der Waals surface area contributed by atoms with E-state index in [4.69, 9.17) is 0 Å². The van der Waals surface area contributed by atoms with E-state index in [1.165, 1.54) is 30.7 Å². The largest absolute Gasteiger partial charge is 0.326 e. The SMILES string of the molecule is C/C(CC(=O)Nc1ccc([N+](=O)[O-])cc1)=N\NC(=O)C1CC12CCC2. The van der Waals surface area contributed by atoms with Crippen molar-refractivity contribution in [3.8, 4) is 0 Å². The van der Waals surface area contributed by atoms with Gasteiger partial charge in [-0.1, -0.05) is 6.42 Å². The maximum absolute atomic E-state index is 12.0. The molecule has 1 spiro atoms. The Kier molecular flexibility index (Phi) is 4.52. The van der Waals surface area contributed by atoms with Crippen LogP contribution in [-0.2, 0) is 9.59 Å². The van der Waals surface area contributed by atoms with Crippen LogP contribution in [-0.4, -0.2) is 22.4 Å². The third-order valence-electron chi connectivity index (χ3n) is 4.99. The number of hydrogen-bond donors (Lipinski definition) is 2. The average Bonchev–Trinajstić information content (AvgIpc) is 3.29. The molecule has 2 N–H and O–H groups in total. The molecule has 0 heterocycles. The minimum Gasteiger partial charge on any atom is -0.326 e. The van der Waals surface area contributed by atoms with Crippen LogP contribution in [0.15, 0.2) is 29.4 Å². The van der Waals surface area contributed by atoms with Crippen molar-refractivity contribution in [2.75, 3.05) is 5.32 Å². The smallest absolute Gasteiger partial charge is 0.269 e. The van der Waals surface area contributed by atoms with Gasteiger partial charge in [0.25, 0.3) is 5.69 Å². The van der Waals surface area contributed by atoms with Gasteiger partial charge in [0.05, 0.1) is 11.3 Å². The van der Waals surface area contributed by atoms with Crippen LogP contribution < -0.4 is 10.7 Å². The van der Waals surface area contributed by atoms with E-state index < -0.39 is 4.92 Å². The first-order valence-corrected chi connectivity index (χ1v) is 8.27. The number of non-ortho nitro benzene ring substituents is 1. The van der Waals surface area contributed by atoms with E-state index in [1.807, 2.05) is 0 Å². The Morgan fingerprint density at radius 2 is 2.00 bits per heavy atom. The fourth-order valence-electron chi connectivity index (χ4n) is 3.27. The molecule has 132 valence electrons. The predicted octanol–water partition coefficient (Wildman–Crippen LogP) is 2.61. The van der Waals surface area contributed by atoms with Crippen molar-refractivity contribution in [1.82, 2.24) is 5.43 Å². The van der Waals surface area contributed by atoms with Crippen molar-refractivity contribution in [3.05, 3.63) is 34.4 Å². The maximum Gasteiger partial charge on any atom is 0.269 e. The topological polar surface area (TPSA) is 114 Å². The highest BCUT2D eigenvalue weighted by Crippen LogP contribution is 2.65. The molecule has 1 aromatic rings. The minimum absolute atomic E-state index is 0.0348. The lowest BCUT2D eigenvalue weighted by atomic mass is 9.80. The van der Waals surface area contributed by atoms with Crippen LogP contribution in [0.25, 0.3) is 0 Å². The highest BCUT2D eigenvalue weighted by atomic mass is 16.6. The zero-order valence-electron chi connectivity index (χ0n) is 13.9. The molecule has 2 amide bonds. The van der Waals surface area contributed by atoms with Crippen molar-refractivity contribution >= 4 is 28.9 Å². The molecule has 1 atom stereocenters. The predicted molar refractivity (Wildman–Crippen MR) is 92.0 cm³/mol. The first-order valence-electron chi connectivity index (χ1n) is 8.27. The van der Waals surface area contributed by atoms with Gasteiger partial charge in [0.2, 0.25) is 11.8 Å². The van der Waals surface area contributed by atoms with Crippen LogP contribution in [0, 0.1) is 21.4 Å². The van der Waals surface area contributed by atoms with Crippen LogP contribution in [0.5, 0.6) is 0 Å². The summed E-state index contributed by atoms with van der Waals surface area (Å²) >= 11 is 0. The van der Waals surface area contributed by atoms with Gasteiger partial charge in [0.1, 0.15) is 0 Å². The van der Waals surface area contributed by atoms with Gasteiger partial charge in [0.15, 0.2) is 0 Å². The first kappa shape index (κ1) is 17.1. The summed E-state index contributed by atoms with van der Waals surface area (Å²) in [6, 6.07) is 5.58. The summed E-state index contributed by atoms with van der Waals surface area (Å²) in [6.07, 6.45) is 4.45. The number of hydrogen-bond acceptors (Lipinski definition) is 5. The summed E-state index contributed by atoms with van der Waals surface area (Å²) in [6.45, 7) is 1.67. The fourth-order valence-corrected chi connectivity index (χ4v) is 3.27. The molecule has 0 radical (unpaired) electrons. The molecule has 8 heteroatoms. The van der Waals surface area contributed by atoms with E-state index in [9.17, 15) is 19.7 Å². The molecule has 2 aliphatic carbocycles. The molecular weight excluding hydrogens is 324 g/mol. The molecule has 2 fully saturated rings. The quantitative estimate of drug-likeness (QED) is 0.469. The highest BCUT2D eigenvalue weighted by Gasteiger charge is 2.60. The summed E-state index contributed by atoms with van der Waals surface area (Å²) in [5.41, 5.74) is 3.73. The van der Waals surface area contributed by atoms with Crippen LogP contribution in [0.4, 0.5) is 11.4 Å².